The van der Waals surface area contributed by atoms with Gasteiger partial charge in [0.15, 0.2) is 0 Å². The molecule has 0 aliphatic rings. The van der Waals surface area contributed by atoms with E-state index in [2.05, 4.69) is 15.9 Å². The average molecular weight is 342 g/mol. The summed E-state index contributed by atoms with van der Waals surface area (Å²) in [5.41, 5.74) is 0.437. The minimum atomic E-state index is -4.50. The Bertz CT molecular complexity index is 432. The number of amides is 1. The van der Waals surface area contributed by atoms with Crippen molar-refractivity contribution >= 4 is 21.8 Å². The van der Waals surface area contributed by atoms with Crippen molar-refractivity contribution < 1.29 is 22.4 Å². The zero-order valence-corrected chi connectivity index (χ0v) is 11.6. The predicted molar refractivity (Wildman–Crippen MR) is 66.3 cm³/mol. The van der Waals surface area contributed by atoms with Gasteiger partial charge in [-0.15, -0.1) is 0 Å². The molecule has 0 fully saturated rings. The molecule has 0 saturated carbocycles. The molecule has 2 nitrogen and oxygen atoms in total. The molecule has 106 valence electrons. The maximum absolute atomic E-state index is 12.7. The molecule has 0 spiro atoms. The smallest absolute Gasteiger partial charge is 0.326 e. The van der Waals surface area contributed by atoms with Gasteiger partial charge in [-0.25, -0.2) is 4.39 Å². The third-order valence-corrected chi connectivity index (χ3v) is 3.12. The van der Waals surface area contributed by atoms with Gasteiger partial charge in [0, 0.05) is 6.54 Å². The molecule has 1 amide bonds. The summed E-state index contributed by atoms with van der Waals surface area (Å²) in [5.74, 6) is -1.15. The van der Waals surface area contributed by atoms with Crippen LogP contribution in [-0.4, -0.2) is 28.4 Å². The van der Waals surface area contributed by atoms with Crippen molar-refractivity contribution in [1.82, 2.24) is 4.90 Å². The molecule has 0 N–H and O–H groups in total. The Morgan fingerprint density at radius 2 is 1.84 bits per heavy atom. The zero-order chi connectivity index (χ0) is 14.6. The van der Waals surface area contributed by atoms with Gasteiger partial charge in [-0.3, -0.25) is 4.79 Å². The van der Waals surface area contributed by atoms with Crippen LogP contribution in [0.2, 0.25) is 0 Å². The predicted octanol–water partition coefficient (Wildman–Crippen LogP) is 3.50. The quantitative estimate of drug-likeness (QED) is 0.606. The highest BCUT2D eigenvalue weighted by Crippen LogP contribution is 2.26. The van der Waals surface area contributed by atoms with E-state index >= 15 is 0 Å². The molecule has 0 heterocycles. The van der Waals surface area contributed by atoms with E-state index in [1.807, 2.05) is 0 Å². The molecule has 0 bridgehead atoms. The second-order valence-corrected chi connectivity index (χ2v) is 4.56. The van der Waals surface area contributed by atoms with Crippen LogP contribution >= 0.6 is 15.9 Å². The first-order chi connectivity index (χ1) is 8.75. The molecule has 0 aliphatic heterocycles. The lowest BCUT2D eigenvalue weighted by Gasteiger charge is -2.30. The van der Waals surface area contributed by atoms with Crippen molar-refractivity contribution in [3.8, 4) is 0 Å². The van der Waals surface area contributed by atoms with E-state index < -0.39 is 23.9 Å². The Hall–Kier alpha value is -1.11. The average Bonchev–Trinajstić information content (AvgIpc) is 2.35. The number of carbonyl (C=O) groups is 1. The Morgan fingerprint density at radius 3 is 2.26 bits per heavy atom. The van der Waals surface area contributed by atoms with Gasteiger partial charge in [-0.05, 0) is 24.6 Å². The van der Waals surface area contributed by atoms with Gasteiger partial charge in [-0.1, -0.05) is 28.1 Å². The van der Waals surface area contributed by atoms with E-state index in [1.165, 1.54) is 12.1 Å². The monoisotopic (exact) mass is 341 g/mol. The van der Waals surface area contributed by atoms with E-state index in [9.17, 15) is 22.4 Å². The van der Waals surface area contributed by atoms with Gasteiger partial charge in [0.25, 0.3) is 0 Å². The summed E-state index contributed by atoms with van der Waals surface area (Å²) in [4.78, 5) is 12.3. The molecule has 19 heavy (non-hydrogen) atoms. The molecular formula is C12H12BrF4NO. The van der Waals surface area contributed by atoms with Gasteiger partial charge >= 0.3 is 6.18 Å². The number of carbonyl (C=O) groups excluding carboxylic acids is 1. The van der Waals surface area contributed by atoms with E-state index in [0.717, 1.165) is 19.1 Å². The molecule has 1 unspecified atom stereocenters. The first kappa shape index (κ1) is 15.9. The van der Waals surface area contributed by atoms with Crippen molar-refractivity contribution in [1.29, 1.82) is 0 Å². The minimum absolute atomic E-state index is 0.200. The van der Waals surface area contributed by atoms with Crippen LogP contribution in [0.5, 0.6) is 0 Å². The number of benzene rings is 1. The summed E-state index contributed by atoms with van der Waals surface area (Å²) >= 11 is 2.86. The van der Waals surface area contributed by atoms with Gasteiger partial charge in [0.1, 0.15) is 11.9 Å². The van der Waals surface area contributed by atoms with E-state index in [4.69, 9.17) is 0 Å². The van der Waals surface area contributed by atoms with Crippen molar-refractivity contribution in [3.05, 3.63) is 35.6 Å². The highest BCUT2D eigenvalue weighted by Gasteiger charge is 2.41. The fourth-order valence-electron chi connectivity index (χ4n) is 1.48. The number of hydrogen-bond donors (Lipinski definition) is 0. The Kier molecular flexibility index (Phi) is 5.34. The number of alkyl halides is 4. The first-order valence-corrected chi connectivity index (χ1v) is 6.54. The molecule has 1 atom stereocenters. The maximum atomic E-state index is 12.7. The second-order valence-electron chi connectivity index (χ2n) is 4.00. The van der Waals surface area contributed by atoms with Crippen LogP contribution in [0.4, 0.5) is 17.6 Å². The Labute approximate surface area is 116 Å². The second kappa shape index (κ2) is 6.36. The molecule has 0 radical (unpaired) electrons. The molecule has 1 aromatic carbocycles. The highest BCUT2D eigenvalue weighted by atomic mass is 79.9. The minimum Gasteiger partial charge on any atom is -0.326 e. The fraction of sp³-hybridized carbons (Fsp3) is 0.417. The van der Waals surface area contributed by atoms with Crippen LogP contribution in [0, 0.1) is 5.82 Å². The number of rotatable bonds is 4. The maximum Gasteiger partial charge on any atom is 0.408 e. The van der Waals surface area contributed by atoms with Crippen molar-refractivity contribution in [2.45, 2.75) is 25.7 Å². The lowest BCUT2D eigenvalue weighted by molar-refractivity contribution is -0.186. The van der Waals surface area contributed by atoms with Crippen LogP contribution < -0.4 is 0 Å². The third kappa shape index (κ3) is 4.49. The molecule has 1 aromatic rings. The third-order valence-electron chi connectivity index (χ3n) is 2.64. The summed E-state index contributed by atoms with van der Waals surface area (Å²) in [7, 11) is 0. The number of halogens is 5. The van der Waals surface area contributed by atoms with Crippen LogP contribution in [0.1, 0.15) is 12.5 Å². The van der Waals surface area contributed by atoms with Crippen LogP contribution in [0.15, 0.2) is 24.3 Å². The summed E-state index contributed by atoms with van der Waals surface area (Å²) in [6.07, 6.45) is -4.50. The summed E-state index contributed by atoms with van der Waals surface area (Å²) in [5, 5.41) is -0.200. The lowest BCUT2D eigenvalue weighted by Crippen LogP contribution is -2.47. The molecule has 1 rings (SSSR count). The van der Waals surface area contributed by atoms with Crippen molar-refractivity contribution in [3.63, 3.8) is 0 Å². The van der Waals surface area contributed by atoms with E-state index in [1.54, 1.807) is 0 Å². The highest BCUT2D eigenvalue weighted by molar-refractivity contribution is 9.09. The summed E-state index contributed by atoms with van der Waals surface area (Å²) in [6.45, 7) is 0.704. The van der Waals surface area contributed by atoms with Gasteiger partial charge in [-0.2, -0.15) is 13.2 Å². The van der Waals surface area contributed by atoms with Gasteiger partial charge < -0.3 is 4.90 Å². The standard InChI is InChI=1S/C12H12BrF4NO/c1-8(12(15,16)17)18(11(19)6-13)7-9-2-4-10(14)5-3-9/h2-5,8H,6-7H2,1H3. The Morgan fingerprint density at radius 1 is 1.32 bits per heavy atom. The molecule has 0 saturated heterocycles. The lowest BCUT2D eigenvalue weighted by atomic mass is 10.1. The van der Waals surface area contributed by atoms with Crippen molar-refractivity contribution in [2.24, 2.45) is 0 Å². The number of hydrogen-bond acceptors (Lipinski definition) is 1. The fourth-order valence-corrected chi connectivity index (χ4v) is 1.80. The van der Waals surface area contributed by atoms with Crippen LogP contribution in [0.25, 0.3) is 0 Å². The summed E-state index contributed by atoms with van der Waals surface area (Å²) in [6, 6.07) is 3.09. The van der Waals surface area contributed by atoms with Gasteiger partial charge in [0.2, 0.25) is 5.91 Å². The topological polar surface area (TPSA) is 20.3 Å². The summed E-state index contributed by atoms with van der Waals surface area (Å²) < 4.78 is 50.8. The van der Waals surface area contributed by atoms with Crippen LogP contribution in [-0.2, 0) is 11.3 Å². The Balaban J connectivity index is 2.92. The van der Waals surface area contributed by atoms with Crippen molar-refractivity contribution in [2.75, 3.05) is 5.33 Å². The van der Waals surface area contributed by atoms with E-state index in [-0.39, 0.29) is 11.9 Å². The molecular weight excluding hydrogens is 330 g/mol. The number of nitrogens with zero attached hydrogens (tertiary/aromatic N) is 1. The van der Waals surface area contributed by atoms with Crippen LogP contribution in [0.3, 0.4) is 0 Å². The molecule has 0 aliphatic carbocycles. The molecule has 0 aromatic heterocycles. The van der Waals surface area contributed by atoms with E-state index in [0.29, 0.717) is 10.5 Å². The SMILES string of the molecule is CC(N(Cc1ccc(F)cc1)C(=O)CBr)C(F)(F)F. The normalized spacial score (nSPS) is 13.2. The first-order valence-electron chi connectivity index (χ1n) is 5.42. The largest absolute Gasteiger partial charge is 0.408 e. The zero-order valence-electron chi connectivity index (χ0n) is 10.0. The van der Waals surface area contributed by atoms with Gasteiger partial charge in [0.05, 0.1) is 5.33 Å². The molecule has 7 heteroatoms.